The summed E-state index contributed by atoms with van der Waals surface area (Å²) in [5.41, 5.74) is 3.67. The summed E-state index contributed by atoms with van der Waals surface area (Å²) in [6.07, 6.45) is 7.70. The molecule has 5 heteroatoms. The Bertz CT molecular complexity index is 917. The molecule has 3 aromatic rings. The highest BCUT2D eigenvalue weighted by molar-refractivity contribution is 6.06. The molecular formula is C20H22N4O. The van der Waals surface area contributed by atoms with Gasteiger partial charge in [-0.3, -0.25) is 9.78 Å². The Kier molecular flexibility index (Phi) is 3.99. The smallest absolute Gasteiger partial charge is 0.254 e. The third kappa shape index (κ3) is 3.02. The maximum atomic E-state index is 13.3. The second-order valence-electron chi connectivity index (χ2n) is 6.89. The maximum absolute atomic E-state index is 13.3. The van der Waals surface area contributed by atoms with Crippen LogP contribution in [0.1, 0.15) is 40.5 Å². The van der Waals surface area contributed by atoms with Gasteiger partial charge >= 0.3 is 0 Å². The minimum atomic E-state index is 0.103. The number of rotatable bonds is 2. The molecule has 0 saturated carbocycles. The van der Waals surface area contributed by atoms with Crippen LogP contribution in [-0.4, -0.2) is 38.4 Å². The van der Waals surface area contributed by atoms with Crippen molar-refractivity contribution in [3.05, 3.63) is 59.8 Å². The first-order valence-corrected chi connectivity index (χ1v) is 8.76. The Morgan fingerprint density at radius 1 is 1.24 bits per heavy atom. The van der Waals surface area contributed by atoms with E-state index in [2.05, 4.69) is 20.6 Å². The first-order valence-electron chi connectivity index (χ1n) is 8.76. The van der Waals surface area contributed by atoms with E-state index >= 15 is 0 Å². The molecule has 1 aromatic carbocycles. The number of benzene rings is 1. The normalized spacial score (nSPS) is 17.8. The number of fused-ring (bicyclic) bond motifs is 1. The van der Waals surface area contributed by atoms with Gasteiger partial charge < -0.3 is 9.47 Å². The van der Waals surface area contributed by atoms with Crippen molar-refractivity contribution in [1.29, 1.82) is 0 Å². The van der Waals surface area contributed by atoms with Crippen molar-refractivity contribution in [2.24, 2.45) is 0 Å². The van der Waals surface area contributed by atoms with Crippen LogP contribution in [0.2, 0.25) is 0 Å². The van der Waals surface area contributed by atoms with Crippen LogP contribution in [0.4, 0.5) is 0 Å². The number of imidazole rings is 1. The van der Waals surface area contributed by atoms with Crippen LogP contribution in [-0.2, 0) is 0 Å². The van der Waals surface area contributed by atoms with Crippen molar-refractivity contribution in [2.45, 2.75) is 32.7 Å². The first-order chi connectivity index (χ1) is 12.1. The van der Waals surface area contributed by atoms with E-state index in [9.17, 15) is 4.79 Å². The molecule has 0 N–H and O–H groups in total. The summed E-state index contributed by atoms with van der Waals surface area (Å²) in [6.45, 7) is 5.52. The molecule has 0 radical (unpaired) electrons. The summed E-state index contributed by atoms with van der Waals surface area (Å²) < 4.78 is 2.11. The van der Waals surface area contributed by atoms with Crippen LogP contribution in [0.25, 0.3) is 10.9 Å². The quantitative estimate of drug-likeness (QED) is 0.720. The predicted octanol–water partition coefficient (Wildman–Crippen LogP) is 3.53. The van der Waals surface area contributed by atoms with Crippen LogP contribution in [0, 0.1) is 13.8 Å². The summed E-state index contributed by atoms with van der Waals surface area (Å²) in [7, 11) is 0. The summed E-state index contributed by atoms with van der Waals surface area (Å²) in [6, 6.07) is 8.32. The standard InChI is InChI=1S/C20H22N4O/c1-14-5-6-19-17(10-14)18(11-15(2)22-19)20(25)23-8-3-4-16(12-23)24-9-7-21-13-24/h5-7,9-11,13,16H,3-4,8,12H2,1-2H3. The molecule has 2 aromatic heterocycles. The fourth-order valence-corrected chi connectivity index (χ4v) is 3.69. The van der Waals surface area contributed by atoms with E-state index < -0.39 is 0 Å². The average molecular weight is 334 g/mol. The molecule has 1 fully saturated rings. The number of amides is 1. The lowest BCUT2D eigenvalue weighted by Gasteiger charge is -2.33. The van der Waals surface area contributed by atoms with Gasteiger partial charge in [0.15, 0.2) is 0 Å². The van der Waals surface area contributed by atoms with E-state index in [1.165, 1.54) is 0 Å². The first kappa shape index (κ1) is 15.8. The van der Waals surface area contributed by atoms with Gasteiger partial charge in [-0.25, -0.2) is 4.98 Å². The second kappa shape index (κ2) is 6.31. The number of hydrogen-bond acceptors (Lipinski definition) is 3. The Balaban J connectivity index is 1.68. The highest BCUT2D eigenvalue weighted by Gasteiger charge is 2.26. The summed E-state index contributed by atoms with van der Waals surface area (Å²) >= 11 is 0. The largest absolute Gasteiger partial charge is 0.337 e. The number of aromatic nitrogens is 3. The van der Waals surface area contributed by atoms with Gasteiger partial charge in [0.25, 0.3) is 5.91 Å². The monoisotopic (exact) mass is 334 g/mol. The molecule has 128 valence electrons. The van der Waals surface area contributed by atoms with Gasteiger partial charge in [0.05, 0.1) is 23.4 Å². The third-order valence-electron chi connectivity index (χ3n) is 4.95. The number of nitrogens with zero attached hydrogens (tertiary/aromatic N) is 4. The molecular weight excluding hydrogens is 312 g/mol. The average Bonchev–Trinajstić information content (AvgIpc) is 3.16. The number of likely N-dealkylation sites (tertiary alicyclic amines) is 1. The molecule has 0 aliphatic carbocycles. The van der Waals surface area contributed by atoms with Crippen LogP contribution >= 0.6 is 0 Å². The molecule has 1 aliphatic heterocycles. The van der Waals surface area contributed by atoms with Crippen LogP contribution in [0.3, 0.4) is 0 Å². The lowest BCUT2D eigenvalue weighted by atomic mass is 10.0. The molecule has 1 amide bonds. The van der Waals surface area contributed by atoms with Gasteiger partial charge in [0, 0.05) is 36.6 Å². The van der Waals surface area contributed by atoms with Crippen LogP contribution < -0.4 is 0 Å². The molecule has 0 spiro atoms. The Morgan fingerprint density at radius 2 is 2.12 bits per heavy atom. The number of aryl methyl sites for hydroxylation is 2. The van der Waals surface area contributed by atoms with Crippen molar-refractivity contribution >= 4 is 16.8 Å². The number of carbonyl (C=O) groups is 1. The zero-order valence-electron chi connectivity index (χ0n) is 14.6. The molecule has 0 bridgehead atoms. The molecule has 4 rings (SSSR count). The van der Waals surface area contributed by atoms with E-state index in [-0.39, 0.29) is 5.91 Å². The highest BCUT2D eigenvalue weighted by atomic mass is 16.2. The zero-order valence-corrected chi connectivity index (χ0v) is 14.6. The maximum Gasteiger partial charge on any atom is 0.254 e. The van der Waals surface area contributed by atoms with Gasteiger partial charge in [-0.2, -0.15) is 0 Å². The fourth-order valence-electron chi connectivity index (χ4n) is 3.69. The van der Waals surface area contributed by atoms with Crippen LogP contribution in [0.5, 0.6) is 0 Å². The minimum Gasteiger partial charge on any atom is -0.337 e. The van der Waals surface area contributed by atoms with Crippen molar-refractivity contribution in [3.63, 3.8) is 0 Å². The van der Waals surface area contributed by atoms with E-state index in [4.69, 9.17) is 0 Å². The minimum absolute atomic E-state index is 0.103. The molecule has 25 heavy (non-hydrogen) atoms. The van der Waals surface area contributed by atoms with Crippen molar-refractivity contribution in [2.75, 3.05) is 13.1 Å². The van der Waals surface area contributed by atoms with Crippen LogP contribution in [0.15, 0.2) is 43.0 Å². The summed E-state index contributed by atoms with van der Waals surface area (Å²) in [4.78, 5) is 24.0. The van der Waals surface area contributed by atoms with Crippen molar-refractivity contribution in [3.8, 4) is 0 Å². The van der Waals surface area contributed by atoms with E-state index in [0.29, 0.717) is 6.04 Å². The molecule has 1 unspecified atom stereocenters. The molecule has 1 saturated heterocycles. The SMILES string of the molecule is Cc1ccc2nc(C)cc(C(=O)N3CCCC(n4ccnc4)C3)c2c1. The van der Waals surface area contributed by atoms with Gasteiger partial charge in [0.1, 0.15) is 0 Å². The number of piperidine rings is 1. The van der Waals surface area contributed by atoms with E-state index in [0.717, 1.165) is 53.7 Å². The Hall–Kier alpha value is -2.69. The molecule has 1 atom stereocenters. The van der Waals surface area contributed by atoms with Crippen molar-refractivity contribution in [1.82, 2.24) is 19.4 Å². The molecule has 5 nitrogen and oxygen atoms in total. The van der Waals surface area contributed by atoms with Crippen molar-refractivity contribution < 1.29 is 4.79 Å². The molecule has 1 aliphatic rings. The number of carbonyl (C=O) groups excluding carboxylic acids is 1. The van der Waals surface area contributed by atoms with E-state index in [1.807, 2.05) is 49.5 Å². The summed E-state index contributed by atoms with van der Waals surface area (Å²) in [5, 5.41) is 0.945. The number of pyridine rings is 1. The van der Waals surface area contributed by atoms with E-state index in [1.54, 1.807) is 6.20 Å². The topological polar surface area (TPSA) is 51.0 Å². The fraction of sp³-hybridized carbons (Fsp3) is 0.350. The Labute approximate surface area is 147 Å². The van der Waals surface area contributed by atoms with Gasteiger partial charge in [0.2, 0.25) is 0 Å². The lowest BCUT2D eigenvalue weighted by molar-refractivity contribution is 0.0681. The van der Waals surface area contributed by atoms with Gasteiger partial charge in [-0.05, 0) is 44.9 Å². The lowest BCUT2D eigenvalue weighted by Crippen LogP contribution is -2.40. The number of hydrogen-bond donors (Lipinski definition) is 0. The second-order valence-corrected chi connectivity index (χ2v) is 6.89. The molecule has 3 heterocycles. The third-order valence-corrected chi connectivity index (χ3v) is 4.95. The highest BCUT2D eigenvalue weighted by Crippen LogP contribution is 2.26. The Morgan fingerprint density at radius 3 is 2.92 bits per heavy atom. The predicted molar refractivity (Wildman–Crippen MR) is 97.6 cm³/mol. The summed E-state index contributed by atoms with van der Waals surface area (Å²) in [5.74, 6) is 0.103. The van der Waals surface area contributed by atoms with Gasteiger partial charge in [-0.15, -0.1) is 0 Å². The van der Waals surface area contributed by atoms with Gasteiger partial charge in [-0.1, -0.05) is 11.6 Å². The zero-order chi connectivity index (χ0) is 17.4.